The molecule has 17 heavy (non-hydrogen) atoms. The number of thioether (sulfide) groups is 1. The predicted octanol–water partition coefficient (Wildman–Crippen LogP) is 2.41. The number of rotatable bonds is 1. The molecule has 1 aromatic rings. The largest absolute Gasteiger partial charge is 0.264 e. The molecule has 0 atom stereocenters. The number of nitrogens with one attached hydrogen (secondary N) is 1. The van der Waals surface area contributed by atoms with E-state index in [2.05, 4.69) is 9.71 Å². The van der Waals surface area contributed by atoms with Crippen LogP contribution in [0.15, 0.2) is 26.9 Å². The number of aryl methyl sites for hydroxylation is 1. The molecular weight excluding hydrogens is 280 g/mol. The summed E-state index contributed by atoms with van der Waals surface area (Å²) in [6.07, 6.45) is 0. The zero-order valence-electron chi connectivity index (χ0n) is 9.32. The molecule has 1 aliphatic heterocycles. The summed E-state index contributed by atoms with van der Waals surface area (Å²) < 4.78 is 26.4. The second kappa shape index (κ2) is 4.51. The first-order chi connectivity index (χ1) is 7.94. The van der Waals surface area contributed by atoms with Crippen LogP contribution in [-0.2, 0) is 10.0 Å². The van der Waals surface area contributed by atoms with Gasteiger partial charge in [0.25, 0.3) is 10.0 Å². The molecule has 0 saturated heterocycles. The smallest absolute Gasteiger partial charge is 0.262 e. The van der Waals surface area contributed by atoms with Crippen molar-refractivity contribution in [3.8, 4) is 0 Å². The number of fused-ring (bicyclic) bond motifs is 1. The second-order valence-corrected chi connectivity index (χ2v) is 6.62. The third-order valence-electron chi connectivity index (χ3n) is 2.24. The van der Waals surface area contributed by atoms with Gasteiger partial charge in [0.15, 0.2) is 5.17 Å². The number of benzene rings is 1. The molecule has 0 fully saturated rings. The first kappa shape index (κ1) is 12.7. The molecule has 1 aromatic carbocycles. The SMILES string of the molecule is CCN=C1NS(=O)(=O)c2cc(C)c(Cl)cc2S1. The minimum atomic E-state index is -3.51. The topological polar surface area (TPSA) is 58.5 Å². The Bertz CT molecular complexity index is 597. The number of hydrogen-bond acceptors (Lipinski definition) is 4. The van der Waals surface area contributed by atoms with Gasteiger partial charge in [0.2, 0.25) is 0 Å². The lowest BCUT2D eigenvalue weighted by Crippen LogP contribution is -2.32. The van der Waals surface area contributed by atoms with E-state index < -0.39 is 10.0 Å². The minimum Gasteiger partial charge on any atom is -0.262 e. The van der Waals surface area contributed by atoms with Gasteiger partial charge >= 0.3 is 0 Å². The van der Waals surface area contributed by atoms with Gasteiger partial charge < -0.3 is 0 Å². The fourth-order valence-corrected chi connectivity index (χ4v) is 4.41. The van der Waals surface area contributed by atoms with E-state index in [4.69, 9.17) is 11.6 Å². The zero-order chi connectivity index (χ0) is 12.6. The highest BCUT2D eigenvalue weighted by atomic mass is 35.5. The second-order valence-electron chi connectivity index (χ2n) is 3.54. The van der Waals surface area contributed by atoms with Gasteiger partial charge in [0, 0.05) is 16.5 Å². The lowest BCUT2D eigenvalue weighted by atomic mass is 10.2. The molecule has 0 radical (unpaired) electrons. The van der Waals surface area contributed by atoms with Crippen molar-refractivity contribution in [3.63, 3.8) is 0 Å². The van der Waals surface area contributed by atoms with Gasteiger partial charge in [-0.3, -0.25) is 9.71 Å². The van der Waals surface area contributed by atoms with Crippen molar-refractivity contribution in [2.75, 3.05) is 6.54 Å². The van der Waals surface area contributed by atoms with Gasteiger partial charge in [-0.2, -0.15) is 0 Å². The van der Waals surface area contributed by atoms with Crippen molar-refractivity contribution < 1.29 is 8.42 Å². The van der Waals surface area contributed by atoms with Crippen LogP contribution in [0, 0.1) is 6.92 Å². The maximum absolute atomic E-state index is 12.0. The normalized spacial score (nSPS) is 19.8. The first-order valence-corrected chi connectivity index (χ1v) is 7.67. The molecular formula is C10H11ClN2O2S2. The monoisotopic (exact) mass is 290 g/mol. The lowest BCUT2D eigenvalue weighted by molar-refractivity contribution is 0.590. The molecule has 1 heterocycles. The Kier molecular flexibility index (Phi) is 3.38. The number of aliphatic imine (C=N–C) groups is 1. The third-order valence-corrected chi connectivity index (χ3v) is 5.27. The maximum Gasteiger partial charge on any atom is 0.264 e. The quantitative estimate of drug-likeness (QED) is 0.864. The van der Waals surface area contributed by atoms with Gasteiger partial charge in [-0.15, -0.1) is 0 Å². The van der Waals surface area contributed by atoms with E-state index in [1.807, 2.05) is 6.92 Å². The van der Waals surface area contributed by atoms with Gasteiger partial charge in [-0.25, -0.2) is 8.42 Å². The zero-order valence-corrected chi connectivity index (χ0v) is 11.7. The highest BCUT2D eigenvalue weighted by Crippen LogP contribution is 2.35. The molecule has 0 unspecified atom stereocenters. The van der Waals surface area contributed by atoms with Crippen LogP contribution >= 0.6 is 23.4 Å². The van der Waals surface area contributed by atoms with Crippen LogP contribution in [0.1, 0.15) is 12.5 Å². The Labute approximate surface area is 110 Å². The molecule has 0 amide bonds. The molecule has 1 aliphatic rings. The number of sulfonamides is 1. The minimum absolute atomic E-state index is 0.263. The predicted molar refractivity (Wildman–Crippen MR) is 70.3 cm³/mol. The molecule has 0 aromatic heterocycles. The van der Waals surface area contributed by atoms with Gasteiger partial charge in [0.1, 0.15) is 4.90 Å². The highest BCUT2D eigenvalue weighted by Gasteiger charge is 2.28. The Morgan fingerprint density at radius 2 is 2.18 bits per heavy atom. The fourth-order valence-electron chi connectivity index (χ4n) is 1.43. The molecule has 2 rings (SSSR count). The van der Waals surface area contributed by atoms with Crippen molar-refractivity contribution in [2.24, 2.45) is 4.99 Å². The van der Waals surface area contributed by atoms with Crippen molar-refractivity contribution in [1.82, 2.24) is 4.72 Å². The van der Waals surface area contributed by atoms with Gasteiger partial charge in [0.05, 0.1) is 0 Å². The summed E-state index contributed by atoms with van der Waals surface area (Å²) >= 11 is 7.28. The summed E-state index contributed by atoms with van der Waals surface area (Å²) in [5.41, 5.74) is 0.743. The summed E-state index contributed by atoms with van der Waals surface area (Å²) in [6, 6.07) is 3.25. The fraction of sp³-hybridized carbons (Fsp3) is 0.300. The maximum atomic E-state index is 12.0. The van der Waals surface area contributed by atoms with Crippen LogP contribution in [0.3, 0.4) is 0 Å². The molecule has 0 spiro atoms. The van der Waals surface area contributed by atoms with E-state index in [1.165, 1.54) is 11.8 Å². The Morgan fingerprint density at radius 3 is 2.82 bits per heavy atom. The Morgan fingerprint density at radius 1 is 1.47 bits per heavy atom. The number of hydrogen-bond donors (Lipinski definition) is 1. The summed E-state index contributed by atoms with van der Waals surface area (Å²) in [7, 11) is -3.51. The molecule has 7 heteroatoms. The molecule has 1 N–H and O–H groups in total. The van der Waals surface area contributed by atoms with Crippen LogP contribution in [-0.4, -0.2) is 20.1 Å². The van der Waals surface area contributed by atoms with E-state index in [-0.39, 0.29) is 4.90 Å². The van der Waals surface area contributed by atoms with E-state index in [0.29, 0.717) is 21.6 Å². The van der Waals surface area contributed by atoms with Crippen LogP contribution in [0.5, 0.6) is 0 Å². The van der Waals surface area contributed by atoms with Crippen molar-refractivity contribution in [3.05, 3.63) is 22.7 Å². The van der Waals surface area contributed by atoms with Crippen LogP contribution in [0.2, 0.25) is 5.02 Å². The van der Waals surface area contributed by atoms with Crippen LogP contribution in [0.25, 0.3) is 0 Å². The summed E-state index contributed by atoms with van der Waals surface area (Å²) in [6.45, 7) is 4.15. The summed E-state index contributed by atoms with van der Waals surface area (Å²) in [4.78, 5) is 4.96. The van der Waals surface area contributed by atoms with E-state index in [0.717, 1.165) is 5.56 Å². The Hall–Kier alpha value is -0.720. The summed E-state index contributed by atoms with van der Waals surface area (Å²) in [5, 5.41) is 0.948. The molecule has 92 valence electrons. The molecule has 0 bridgehead atoms. The van der Waals surface area contributed by atoms with Gasteiger partial charge in [-0.1, -0.05) is 23.4 Å². The first-order valence-electron chi connectivity index (χ1n) is 4.99. The van der Waals surface area contributed by atoms with Crippen molar-refractivity contribution in [2.45, 2.75) is 23.6 Å². The van der Waals surface area contributed by atoms with Gasteiger partial charge in [-0.05, 0) is 31.5 Å². The van der Waals surface area contributed by atoms with E-state index >= 15 is 0 Å². The number of nitrogens with zero attached hydrogens (tertiary/aromatic N) is 1. The van der Waals surface area contributed by atoms with Crippen LogP contribution in [0.4, 0.5) is 0 Å². The van der Waals surface area contributed by atoms with Crippen LogP contribution < -0.4 is 4.72 Å². The highest BCUT2D eigenvalue weighted by molar-refractivity contribution is 8.16. The molecule has 0 aliphatic carbocycles. The average Bonchev–Trinajstić information content (AvgIpc) is 2.21. The molecule has 0 saturated carbocycles. The Balaban J connectivity index is 2.61. The number of amidine groups is 1. The third kappa shape index (κ3) is 2.43. The standard InChI is InChI=1S/C10H11ClN2O2S2/c1-3-12-10-13-17(14,15)9-4-6(2)7(11)5-8(9)16-10/h4-5H,3H2,1-2H3,(H,12,13). The van der Waals surface area contributed by atoms with Crippen molar-refractivity contribution >= 4 is 38.6 Å². The number of halogens is 1. The van der Waals surface area contributed by atoms with E-state index in [1.54, 1.807) is 19.1 Å². The summed E-state index contributed by atoms with van der Waals surface area (Å²) in [5.74, 6) is 0. The lowest BCUT2D eigenvalue weighted by Gasteiger charge is -2.19. The average molecular weight is 291 g/mol. The van der Waals surface area contributed by atoms with E-state index in [9.17, 15) is 8.42 Å². The molecule has 4 nitrogen and oxygen atoms in total. The van der Waals surface area contributed by atoms with Crippen molar-refractivity contribution in [1.29, 1.82) is 0 Å².